The Hall–Kier alpha value is -3.72. The molecule has 164 valence electrons. The average Bonchev–Trinajstić information content (AvgIpc) is 3.24. The van der Waals surface area contributed by atoms with Crippen LogP contribution in [-0.2, 0) is 11.3 Å². The first kappa shape index (κ1) is 21.5. The Kier molecular flexibility index (Phi) is 6.18. The summed E-state index contributed by atoms with van der Waals surface area (Å²) < 4.78 is 12.1. The molecule has 0 fully saturated rings. The van der Waals surface area contributed by atoms with Crippen molar-refractivity contribution in [1.82, 2.24) is 19.9 Å². The van der Waals surface area contributed by atoms with Gasteiger partial charge in [-0.15, -0.1) is 0 Å². The molecule has 0 aliphatic rings. The minimum absolute atomic E-state index is 0.113. The van der Waals surface area contributed by atoms with Crippen molar-refractivity contribution >= 4 is 22.2 Å². The Balaban J connectivity index is 1.45. The van der Waals surface area contributed by atoms with E-state index in [0.717, 1.165) is 16.9 Å². The van der Waals surface area contributed by atoms with Crippen LogP contribution >= 0.6 is 11.3 Å². The molecule has 0 aliphatic carbocycles. The number of ether oxygens (including phenoxy) is 2. The van der Waals surface area contributed by atoms with Gasteiger partial charge in [-0.3, -0.25) is 9.59 Å². The summed E-state index contributed by atoms with van der Waals surface area (Å²) in [6.45, 7) is 3.77. The Bertz CT molecular complexity index is 1300. The van der Waals surface area contributed by atoms with Gasteiger partial charge in [-0.25, -0.2) is 4.98 Å². The van der Waals surface area contributed by atoms with Crippen LogP contribution in [0.25, 0.3) is 15.5 Å². The summed E-state index contributed by atoms with van der Waals surface area (Å²) in [7, 11) is 1.60. The Morgan fingerprint density at radius 1 is 1.12 bits per heavy atom. The Morgan fingerprint density at radius 2 is 1.81 bits per heavy atom. The molecule has 9 heteroatoms. The van der Waals surface area contributed by atoms with Crippen molar-refractivity contribution in [2.45, 2.75) is 26.5 Å². The predicted molar refractivity (Wildman–Crippen MR) is 122 cm³/mol. The second kappa shape index (κ2) is 9.19. The molecule has 8 nitrogen and oxygen atoms in total. The Labute approximate surface area is 188 Å². The van der Waals surface area contributed by atoms with E-state index in [1.165, 1.54) is 21.9 Å². The summed E-state index contributed by atoms with van der Waals surface area (Å²) in [5.74, 6) is 1.06. The van der Waals surface area contributed by atoms with E-state index in [4.69, 9.17) is 9.47 Å². The lowest BCUT2D eigenvalue weighted by Gasteiger charge is -2.14. The second-order valence-corrected chi connectivity index (χ2v) is 8.16. The quantitative estimate of drug-likeness (QED) is 0.465. The van der Waals surface area contributed by atoms with Crippen LogP contribution in [-0.4, -0.2) is 33.7 Å². The highest BCUT2D eigenvalue weighted by Crippen LogP contribution is 2.26. The summed E-state index contributed by atoms with van der Waals surface area (Å²) in [6, 6.07) is 16.3. The molecule has 1 amide bonds. The molecule has 32 heavy (non-hydrogen) atoms. The van der Waals surface area contributed by atoms with E-state index >= 15 is 0 Å². The first-order chi connectivity index (χ1) is 15.4. The topological polar surface area (TPSA) is 94.8 Å². The molecule has 0 spiro atoms. The van der Waals surface area contributed by atoms with Gasteiger partial charge in [-0.05, 0) is 50.2 Å². The zero-order valence-electron chi connectivity index (χ0n) is 17.9. The van der Waals surface area contributed by atoms with Gasteiger partial charge in [0.25, 0.3) is 11.5 Å². The maximum Gasteiger partial charge on any atom is 0.275 e. The van der Waals surface area contributed by atoms with Gasteiger partial charge in [0.2, 0.25) is 4.96 Å². The number of benzene rings is 2. The van der Waals surface area contributed by atoms with Gasteiger partial charge < -0.3 is 14.8 Å². The van der Waals surface area contributed by atoms with Crippen molar-refractivity contribution in [1.29, 1.82) is 0 Å². The molecule has 0 saturated carbocycles. The number of carbonyl (C=O) groups excluding carboxylic acids is 1. The second-order valence-electron chi connectivity index (χ2n) is 7.21. The van der Waals surface area contributed by atoms with Crippen molar-refractivity contribution in [2.75, 3.05) is 7.11 Å². The van der Waals surface area contributed by atoms with Crippen LogP contribution in [0.15, 0.2) is 59.4 Å². The molecule has 0 bridgehead atoms. The van der Waals surface area contributed by atoms with E-state index in [1.54, 1.807) is 14.0 Å². The highest BCUT2D eigenvalue weighted by atomic mass is 32.1. The molecule has 2 heterocycles. The molecule has 0 radical (unpaired) electrons. The minimum atomic E-state index is -0.687. The zero-order valence-corrected chi connectivity index (χ0v) is 18.7. The van der Waals surface area contributed by atoms with E-state index < -0.39 is 6.10 Å². The summed E-state index contributed by atoms with van der Waals surface area (Å²) >= 11 is 1.30. The summed E-state index contributed by atoms with van der Waals surface area (Å²) in [5, 5.41) is 7.80. The van der Waals surface area contributed by atoms with E-state index in [9.17, 15) is 9.59 Å². The molecule has 0 saturated heterocycles. The number of nitrogens with one attached hydrogen (secondary N) is 1. The third-order valence-corrected chi connectivity index (χ3v) is 5.74. The number of aryl methyl sites for hydroxylation is 1. The lowest BCUT2D eigenvalue weighted by molar-refractivity contribution is -0.127. The van der Waals surface area contributed by atoms with Gasteiger partial charge in [0, 0.05) is 11.6 Å². The van der Waals surface area contributed by atoms with E-state index in [-0.39, 0.29) is 18.0 Å². The first-order valence-corrected chi connectivity index (χ1v) is 10.8. The molecule has 2 aromatic heterocycles. The summed E-state index contributed by atoms with van der Waals surface area (Å²) in [5.41, 5.74) is 2.12. The van der Waals surface area contributed by atoms with Gasteiger partial charge in [0.05, 0.1) is 19.3 Å². The normalized spacial score (nSPS) is 11.8. The zero-order chi connectivity index (χ0) is 22.7. The highest BCUT2D eigenvalue weighted by molar-refractivity contribution is 7.19. The first-order valence-electron chi connectivity index (χ1n) is 9.98. The number of fused-ring (bicyclic) bond motifs is 1. The summed E-state index contributed by atoms with van der Waals surface area (Å²) in [4.78, 5) is 29.8. The fraction of sp³-hybridized carbons (Fsp3) is 0.217. The number of nitrogens with zero attached hydrogens (tertiary/aromatic N) is 3. The number of hydrogen-bond donors (Lipinski definition) is 1. The molecular weight excluding hydrogens is 428 g/mol. The van der Waals surface area contributed by atoms with Crippen molar-refractivity contribution in [3.05, 3.63) is 76.2 Å². The van der Waals surface area contributed by atoms with Gasteiger partial charge >= 0.3 is 0 Å². The monoisotopic (exact) mass is 450 g/mol. The molecule has 1 N–H and O–H groups in total. The Morgan fingerprint density at radius 3 is 2.50 bits per heavy atom. The highest BCUT2D eigenvalue weighted by Gasteiger charge is 2.16. The van der Waals surface area contributed by atoms with Crippen LogP contribution in [0.4, 0.5) is 0 Å². The third kappa shape index (κ3) is 4.78. The van der Waals surface area contributed by atoms with Crippen LogP contribution in [0.1, 0.15) is 18.2 Å². The van der Waals surface area contributed by atoms with Crippen LogP contribution in [0.5, 0.6) is 11.5 Å². The van der Waals surface area contributed by atoms with Crippen LogP contribution in [0.2, 0.25) is 0 Å². The minimum Gasteiger partial charge on any atom is -0.497 e. The number of amides is 1. The molecule has 4 rings (SSSR count). The van der Waals surface area contributed by atoms with E-state index in [0.29, 0.717) is 21.4 Å². The average molecular weight is 451 g/mol. The van der Waals surface area contributed by atoms with Gasteiger partial charge in [-0.2, -0.15) is 9.61 Å². The van der Waals surface area contributed by atoms with Crippen LogP contribution in [0.3, 0.4) is 0 Å². The molecule has 1 atom stereocenters. The molecular formula is C23H22N4O4S. The van der Waals surface area contributed by atoms with Crippen molar-refractivity contribution in [3.63, 3.8) is 0 Å². The number of hydrogen-bond acceptors (Lipinski definition) is 7. The lowest BCUT2D eigenvalue weighted by atomic mass is 10.2. The van der Waals surface area contributed by atoms with Crippen molar-refractivity contribution < 1.29 is 14.3 Å². The number of carbonyl (C=O) groups is 1. The maximum atomic E-state index is 12.5. The lowest BCUT2D eigenvalue weighted by Crippen LogP contribution is -2.36. The fourth-order valence-electron chi connectivity index (χ4n) is 2.99. The smallest absolute Gasteiger partial charge is 0.275 e. The van der Waals surface area contributed by atoms with Crippen LogP contribution < -0.4 is 20.3 Å². The van der Waals surface area contributed by atoms with E-state index in [1.807, 2.05) is 55.5 Å². The van der Waals surface area contributed by atoms with E-state index in [2.05, 4.69) is 15.4 Å². The largest absolute Gasteiger partial charge is 0.497 e. The van der Waals surface area contributed by atoms with Gasteiger partial charge in [0.1, 0.15) is 16.5 Å². The number of rotatable bonds is 7. The molecule has 2 aromatic carbocycles. The predicted octanol–water partition coefficient (Wildman–Crippen LogP) is 3.22. The van der Waals surface area contributed by atoms with Gasteiger partial charge in [0.15, 0.2) is 6.10 Å². The third-order valence-electron chi connectivity index (χ3n) is 4.78. The van der Waals surface area contributed by atoms with Crippen molar-refractivity contribution in [3.8, 4) is 22.1 Å². The van der Waals surface area contributed by atoms with Crippen LogP contribution in [0, 0.1) is 6.92 Å². The SMILES string of the molecule is COc1ccc(-c2nn3c(=O)cc(CNC(=O)[C@H](C)Oc4ccc(C)cc4)nc3s2)cc1. The fourth-order valence-corrected chi connectivity index (χ4v) is 3.92. The summed E-state index contributed by atoms with van der Waals surface area (Å²) in [6.07, 6.45) is -0.687. The van der Waals surface area contributed by atoms with Gasteiger partial charge in [-0.1, -0.05) is 29.0 Å². The standard InChI is InChI=1S/C23H22N4O4S/c1-14-4-8-19(9-5-14)31-15(2)21(29)24-13-17-12-20(28)27-23(25-17)32-22(26-27)16-6-10-18(30-3)11-7-16/h4-12,15H,13H2,1-3H3,(H,24,29)/t15-/m0/s1. The molecule has 0 unspecified atom stereocenters. The van der Waals surface area contributed by atoms with Crippen molar-refractivity contribution in [2.24, 2.45) is 0 Å². The maximum absolute atomic E-state index is 12.5. The number of methoxy groups -OCH3 is 1. The molecule has 0 aliphatic heterocycles. The molecule has 4 aromatic rings. The number of aromatic nitrogens is 3.